The molecule has 0 bridgehead atoms. The van der Waals surface area contributed by atoms with Crippen LogP contribution in [0.1, 0.15) is 5.82 Å². The first-order valence-corrected chi connectivity index (χ1v) is 7.23. The quantitative estimate of drug-likeness (QED) is 0.608. The van der Waals surface area contributed by atoms with Gasteiger partial charge in [-0.2, -0.15) is 0 Å². The molecule has 1 N–H and O–H groups in total. The van der Waals surface area contributed by atoms with Crippen molar-refractivity contribution in [2.24, 2.45) is 0 Å². The minimum atomic E-state index is 0.679. The van der Waals surface area contributed by atoms with Gasteiger partial charge in [0.2, 0.25) is 5.95 Å². The Bertz CT molecular complexity index is 975. The Labute approximate surface area is 131 Å². The third kappa shape index (κ3) is 2.07. The first-order valence-electron chi connectivity index (χ1n) is 6.85. The molecule has 108 valence electrons. The van der Waals surface area contributed by atoms with Gasteiger partial charge in [0, 0.05) is 16.1 Å². The van der Waals surface area contributed by atoms with Gasteiger partial charge >= 0.3 is 0 Å². The van der Waals surface area contributed by atoms with E-state index >= 15 is 0 Å². The maximum atomic E-state index is 5.93. The van der Waals surface area contributed by atoms with Gasteiger partial charge in [-0.15, -0.1) is 10.2 Å². The van der Waals surface area contributed by atoms with E-state index in [0.717, 1.165) is 28.1 Å². The van der Waals surface area contributed by atoms with Gasteiger partial charge in [-0.3, -0.25) is 0 Å². The van der Waals surface area contributed by atoms with Crippen LogP contribution in [-0.4, -0.2) is 19.6 Å². The Morgan fingerprint density at radius 1 is 1.00 bits per heavy atom. The number of benzene rings is 2. The van der Waals surface area contributed by atoms with Gasteiger partial charge in [-0.1, -0.05) is 23.7 Å². The molecule has 5 nitrogen and oxygen atoms in total. The van der Waals surface area contributed by atoms with E-state index in [0.29, 0.717) is 11.0 Å². The molecule has 0 fully saturated rings. The molecule has 22 heavy (non-hydrogen) atoms. The van der Waals surface area contributed by atoms with Crippen LogP contribution in [0.15, 0.2) is 48.5 Å². The van der Waals surface area contributed by atoms with Crippen molar-refractivity contribution in [3.8, 4) is 0 Å². The summed E-state index contributed by atoms with van der Waals surface area (Å²) >= 11 is 5.93. The van der Waals surface area contributed by atoms with Crippen LogP contribution in [0.3, 0.4) is 0 Å². The molecule has 0 spiro atoms. The van der Waals surface area contributed by atoms with Gasteiger partial charge < -0.3 is 5.32 Å². The number of para-hydroxylation sites is 1. The Hall–Kier alpha value is -2.66. The highest BCUT2D eigenvalue weighted by molar-refractivity contribution is 6.30. The van der Waals surface area contributed by atoms with Crippen molar-refractivity contribution >= 4 is 39.8 Å². The lowest BCUT2D eigenvalue weighted by atomic mass is 10.2. The number of nitrogens with zero attached hydrogens (tertiary/aromatic N) is 4. The molecule has 6 heteroatoms. The van der Waals surface area contributed by atoms with Gasteiger partial charge in [0.05, 0.1) is 5.52 Å². The van der Waals surface area contributed by atoms with Gasteiger partial charge in [-0.25, -0.2) is 9.38 Å². The maximum absolute atomic E-state index is 5.93. The van der Waals surface area contributed by atoms with Gasteiger partial charge in [0.1, 0.15) is 5.82 Å². The molecular weight excluding hydrogens is 298 g/mol. The molecule has 0 radical (unpaired) electrons. The summed E-state index contributed by atoms with van der Waals surface area (Å²) in [6, 6.07) is 15.4. The smallest absolute Gasteiger partial charge is 0.215 e. The number of nitrogens with one attached hydrogen (secondary N) is 1. The van der Waals surface area contributed by atoms with Crippen molar-refractivity contribution in [2.45, 2.75) is 6.92 Å². The van der Waals surface area contributed by atoms with Crippen molar-refractivity contribution in [3.63, 3.8) is 0 Å². The van der Waals surface area contributed by atoms with E-state index in [1.54, 1.807) is 0 Å². The Kier molecular flexibility index (Phi) is 2.94. The van der Waals surface area contributed by atoms with E-state index in [-0.39, 0.29) is 0 Å². The minimum Gasteiger partial charge on any atom is -0.325 e. The lowest BCUT2D eigenvalue weighted by Crippen LogP contribution is -2.03. The third-order valence-electron chi connectivity index (χ3n) is 3.51. The molecule has 0 aliphatic rings. The van der Waals surface area contributed by atoms with Gasteiger partial charge in [0.25, 0.3) is 0 Å². The molecule has 0 saturated carbocycles. The average molecular weight is 310 g/mol. The van der Waals surface area contributed by atoms with Crippen molar-refractivity contribution in [1.29, 1.82) is 0 Å². The van der Waals surface area contributed by atoms with Crippen LogP contribution in [0.2, 0.25) is 5.02 Å². The zero-order chi connectivity index (χ0) is 15.1. The Balaban J connectivity index is 1.94. The highest BCUT2D eigenvalue weighted by atomic mass is 35.5. The largest absolute Gasteiger partial charge is 0.325 e. The minimum absolute atomic E-state index is 0.679. The summed E-state index contributed by atoms with van der Waals surface area (Å²) in [5.74, 6) is 1.46. The summed E-state index contributed by atoms with van der Waals surface area (Å²) in [6.07, 6.45) is 0. The fraction of sp³-hybridized carbons (Fsp3) is 0.0625. The molecule has 0 saturated heterocycles. The summed E-state index contributed by atoms with van der Waals surface area (Å²) < 4.78 is 1.91. The van der Waals surface area contributed by atoms with Crippen molar-refractivity contribution in [3.05, 3.63) is 59.4 Å². The predicted octanol–water partition coefficient (Wildman–Crippen LogP) is 3.98. The number of anilines is 2. The van der Waals surface area contributed by atoms with Gasteiger partial charge in [0.15, 0.2) is 5.65 Å². The van der Waals surface area contributed by atoms with E-state index in [4.69, 9.17) is 16.6 Å². The average Bonchev–Trinajstić information content (AvgIpc) is 2.92. The summed E-state index contributed by atoms with van der Waals surface area (Å²) in [5, 5.41) is 13.4. The number of rotatable bonds is 2. The van der Waals surface area contributed by atoms with Crippen LogP contribution in [0.5, 0.6) is 0 Å². The van der Waals surface area contributed by atoms with Crippen LogP contribution in [-0.2, 0) is 0 Å². The summed E-state index contributed by atoms with van der Waals surface area (Å²) in [5.41, 5.74) is 2.57. The fourth-order valence-electron chi connectivity index (χ4n) is 2.46. The van der Waals surface area contributed by atoms with E-state index in [2.05, 4.69) is 15.5 Å². The number of fused-ring (bicyclic) bond motifs is 3. The normalized spacial score (nSPS) is 11.2. The van der Waals surface area contributed by atoms with E-state index in [1.807, 2.05) is 59.9 Å². The molecule has 2 heterocycles. The van der Waals surface area contributed by atoms with Crippen LogP contribution in [0.25, 0.3) is 16.6 Å². The number of hydrogen-bond acceptors (Lipinski definition) is 4. The molecular formula is C16H12ClN5. The monoisotopic (exact) mass is 309 g/mol. The topological polar surface area (TPSA) is 55.1 Å². The molecule has 0 unspecified atom stereocenters. The highest BCUT2D eigenvalue weighted by Gasteiger charge is 2.12. The van der Waals surface area contributed by atoms with E-state index in [9.17, 15) is 0 Å². The van der Waals surface area contributed by atoms with Crippen molar-refractivity contribution in [2.75, 3.05) is 5.32 Å². The van der Waals surface area contributed by atoms with Gasteiger partial charge in [-0.05, 0) is 43.3 Å². The second kappa shape index (κ2) is 4.96. The first kappa shape index (κ1) is 13.0. The summed E-state index contributed by atoms with van der Waals surface area (Å²) in [7, 11) is 0. The molecule has 0 atom stereocenters. The Morgan fingerprint density at radius 3 is 2.59 bits per heavy atom. The fourth-order valence-corrected chi connectivity index (χ4v) is 2.59. The molecule has 0 aliphatic carbocycles. The zero-order valence-electron chi connectivity index (χ0n) is 11.8. The zero-order valence-corrected chi connectivity index (χ0v) is 12.5. The second-order valence-corrected chi connectivity index (χ2v) is 5.43. The molecule has 0 amide bonds. The van der Waals surface area contributed by atoms with Crippen molar-refractivity contribution < 1.29 is 0 Å². The third-order valence-corrected chi connectivity index (χ3v) is 3.76. The Morgan fingerprint density at radius 2 is 1.77 bits per heavy atom. The van der Waals surface area contributed by atoms with Crippen LogP contribution in [0, 0.1) is 6.92 Å². The molecule has 2 aromatic heterocycles. The summed E-state index contributed by atoms with van der Waals surface area (Å²) in [6.45, 7) is 1.91. The van der Waals surface area contributed by atoms with E-state index < -0.39 is 0 Å². The molecule has 2 aromatic carbocycles. The SMILES string of the molecule is Cc1nnc2c3ccccc3nc(Nc3ccc(Cl)cc3)n12. The molecule has 4 aromatic rings. The second-order valence-electron chi connectivity index (χ2n) is 4.99. The maximum Gasteiger partial charge on any atom is 0.215 e. The highest BCUT2D eigenvalue weighted by Crippen LogP contribution is 2.24. The lowest BCUT2D eigenvalue weighted by Gasteiger charge is -2.10. The van der Waals surface area contributed by atoms with Crippen LogP contribution >= 0.6 is 11.6 Å². The van der Waals surface area contributed by atoms with Crippen LogP contribution in [0.4, 0.5) is 11.6 Å². The van der Waals surface area contributed by atoms with E-state index in [1.165, 1.54) is 0 Å². The predicted molar refractivity (Wildman–Crippen MR) is 87.8 cm³/mol. The number of hydrogen-bond donors (Lipinski definition) is 1. The summed E-state index contributed by atoms with van der Waals surface area (Å²) in [4.78, 5) is 4.69. The standard InChI is InChI=1S/C16H12ClN5/c1-10-20-21-15-13-4-2-3-5-14(13)19-16(22(10)15)18-12-8-6-11(17)7-9-12/h2-9H,1H3,(H,18,19). The number of aromatic nitrogens is 4. The van der Waals surface area contributed by atoms with Crippen molar-refractivity contribution in [1.82, 2.24) is 19.6 Å². The molecule has 0 aliphatic heterocycles. The lowest BCUT2D eigenvalue weighted by molar-refractivity contribution is 0.995. The number of aryl methyl sites for hydroxylation is 1. The molecule has 4 rings (SSSR count). The first-order chi connectivity index (χ1) is 10.7. The van der Waals surface area contributed by atoms with Crippen LogP contribution < -0.4 is 5.32 Å². The number of halogens is 1.